The van der Waals surface area contributed by atoms with Crippen LogP contribution < -0.4 is 5.32 Å². The number of rotatable bonds is 5. The van der Waals surface area contributed by atoms with Crippen LogP contribution in [0.2, 0.25) is 0 Å². The minimum absolute atomic E-state index is 0.177. The van der Waals surface area contributed by atoms with E-state index in [2.05, 4.69) is 32.5 Å². The topological polar surface area (TPSA) is 71.3 Å². The number of carbonyl (C=O) groups is 1. The van der Waals surface area contributed by atoms with Crippen molar-refractivity contribution in [2.45, 2.75) is 57.0 Å². The lowest BCUT2D eigenvalue weighted by Crippen LogP contribution is -2.30. The van der Waals surface area contributed by atoms with Gasteiger partial charge >= 0.3 is 0 Å². The SMILES string of the molecule is O=C(NC1CC1)c1noc([C@@H]2CCCN2C[C@H]2CC=CCC2)n1. The quantitative estimate of drug-likeness (QED) is 0.845. The van der Waals surface area contributed by atoms with E-state index in [1.165, 1.54) is 19.3 Å². The van der Waals surface area contributed by atoms with Crippen molar-refractivity contribution in [2.24, 2.45) is 5.92 Å². The minimum Gasteiger partial charge on any atom is -0.346 e. The molecule has 124 valence electrons. The molecule has 4 rings (SSSR count). The average Bonchev–Trinajstić information content (AvgIpc) is 3.07. The predicted molar refractivity (Wildman–Crippen MR) is 84.8 cm³/mol. The molecule has 1 aromatic heterocycles. The number of nitrogens with zero attached hydrogens (tertiary/aromatic N) is 3. The summed E-state index contributed by atoms with van der Waals surface area (Å²) < 4.78 is 5.41. The summed E-state index contributed by atoms with van der Waals surface area (Å²) in [5, 5.41) is 6.79. The molecule has 1 N–H and O–H groups in total. The van der Waals surface area contributed by atoms with Gasteiger partial charge in [0.2, 0.25) is 5.89 Å². The summed E-state index contributed by atoms with van der Waals surface area (Å²) in [6, 6.07) is 0.489. The van der Waals surface area contributed by atoms with Gasteiger partial charge in [-0.2, -0.15) is 4.98 Å². The van der Waals surface area contributed by atoms with E-state index in [0.29, 0.717) is 11.9 Å². The van der Waals surface area contributed by atoms with Crippen LogP contribution in [-0.4, -0.2) is 40.1 Å². The Morgan fingerprint density at radius 2 is 2.22 bits per heavy atom. The standard InChI is InChI=1S/C17H24N4O2/c22-16(18-13-8-9-13)15-19-17(23-20-15)14-7-4-10-21(14)11-12-5-2-1-3-6-12/h1-2,12-14H,3-11H2,(H,18,22)/t12-,14-/m0/s1. The van der Waals surface area contributed by atoms with E-state index in [1.54, 1.807) is 0 Å². The van der Waals surface area contributed by atoms with Gasteiger partial charge in [-0.3, -0.25) is 9.69 Å². The third-order valence-electron chi connectivity index (χ3n) is 5.08. The Labute approximate surface area is 136 Å². The molecule has 0 unspecified atom stereocenters. The van der Waals surface area contributed by atoms with Gasteiger partial charge in [-0.05, 0) is 57.4 Å². The zero-order valence-electron chi connectivity index (χ0n) is 13.4. The van der Waals surface area contributed by atoms with Gasteiger partial charge in [0.15, 0.2) is 0 Å². The molecular weight excluding hydrogens is 292 g/mol. The van der Waals surface area contributed by atoms with E-state index >= 15 is 0 Å². The van der Waals surface area contributed by atoms with Gasteiger partial charge in [-0.25, -0.2) is 0 Å². The van der Waals surface area contributed by atoms with Crippen molar-refractivity contribution in [3.05, 3.63) is 23.9 Å². The van der Waals surface area contributed by atoms with Crippen molar-refractivity contribution in [2.75, 3.05) is 13.1 Å². The molecule has 23 heavy (non-hydrogen) atoms. The second-order valence-corrected chi connectivity index (χ2v) is 7.01. The minimum atomic E-state index is -0.204. The van der Waals surface area contributed by atoms with E-state index in [0.717, 1.165) is 44.7 Å². The van der Waals surface area contributed by atoms with Crippen molar-refractivity contribution >= 4 is 5.91 Å². The molecule has 6 heteroatoms. The maximum absolute atomic E-state index is 12.0. The molecule has 1 amide bonds. The van der Waals surface area contributed by atoms with Gasteiger partial charge in [0.25, 0.3) is 11.7 Å². The van der Waals surface area contributed by atoms with E-state index in [9.17, 15) is 4.79 Å². The summed E-state index contributed by atoms with van der Waals surface area (Å²) in [4.78, 5) is 18.8. The Morgan fingerprint density at radius 1 is 1.30 bits per heavy atom. The Bertz CT molecular complexity index is 593. The molecule has 6 nitrogen and oxygen atoms in total. The lowest BCUT2D eigenvalue weighted by Gasteiger charge is -2.27. The smallest absolute Gasteiger partial charge is 0.292 e. The van der Waals surface area contributed by atoms with Crippen LogP contribution in [0.25, 0.3) is 0 Å². The van der Waals surface area contributed by atoms with Crippen LogP contribution in [0.5, 0.6) is 0 Å². The highest BCUT2D eigenvalue weighted by Crippen LogP contribution is 2.33. The van der Waals surface area contributed by atoms with Crippen LogP contribution in [-0.2, 0) is 0 Å². The highest BCUT2D eigenvalue weighted by molar-refractivity contribution is 5.90. The fourth-order valence-corrected chi connectivity index (χ4v) is 3.62. The lowest BCUT2D eigenvalue weighted by atomic mass is 9.94. The molecule has 2 fully saturated rings. The zero-order valence-corrected chi connectivity index (χ0v) is 13.4. The molecule has 1 saturated carbocycles. The third-order valence-corrected chi connectivity index (χ3v) is 5.08. The van der Waals surface area contributed by atoms with Crippen LogP contribution in [0.3, 0.4) is 0 Å². The van der Waals surface area contributed by atoms with Crippen LogP contribution in [0, 0.1) is 5.92 Å². The number of allylic oxidation sites excluding steroid dienone is 2. The average molecular weight is 316 g/mol. The molecule has 0 radical (unpaired) electrons. The van der Waals surface area contributed by atoms with Gasteiger partial charge in [-0.15, -0.1) is 0 Å². The molecule has 1 aromatic rings. The van der Waals surface area contributed by atoms with Gasteiger partial charge in [0.1, 0.15) is 0 Å². The number of nitrogens with one attached hydrogen (secondary N) is 1. The van der Waals surface area contributed by atoms with Crippen molar-refractivity contribution < 1.29 is 9.32 Å². The maximum atomic E-state index is 12.0. The van der Waals surface area contributed by atoms with Crippen LogP contribution in [0.1, 0.15) is 67.5 Å². The highest BCUT2D eigenvalue weighted by Gasteiger charge is 2.33. The van der Waals surface area contributed by atoms with Crippen molar-refractivity contribution in [1.82, 2.24) is 20.4 Å². The summed E-state index contributed by atoms with van der Waals surface area (Å²) in [5.74, 6) is 1.31. The molecule has 0 bridgehead atoms. The summed E-state index contributed by atoms with van der Waals surface area (Å²) in [6.07, 6.45) is 12.5. The van der Waals surface area contributed by atoms with E-state index in [4.69, 9.17) is 4.52 Å². The second-order valence-electron chi connectivity index (χ2n) is 7.01. The Hall–Kier alpha value is -1.69. The number of carbonyl (C=O) groups excluding carboxylic acids is 1. The van der Waals surface area contributed by atoms with Crippen molar-refractivity contribution in [1.29, 1.82) is 0 Å². The first-order valence-electron chi connectivity index (χ1n) is 8.83. The second kappa shape index (κ2) is 6.43. The van der Waals surface area contributed by atoms with Gasteiger partial charge < -0.3 is 9.84 Å². The molecular formula is C17H24N4O2. The zero-order chi connectivity index (χ0) is 15.6. The number of amides is 1. The Morgan fingerprint density at radius 3 is 3.00 bits per heavy atom. The Balaban J connectivity index is 1.40. The number of likely N-dealkylation sites (tertiary alicyclic amines) is 1. The summed E-state index contributed by atoms with van der Waals surface area (Å²) in [5.41, 5.74) is 0. The van der Waals surface area contributed by atoms with E-state index in [1.807, 2.05) is 0 Å². The molecule has 2 heterocycles. The van der Waals surface area contributed by atoms with Gasteiger partial charge in [-0.1, -0.05) is 17.3 Å². The molecule has 1 aliphatic heterocycles. The summed E-state index contributed by atoms with van der Waals surface area (Å²) in [6.45, 7) is 2.16. The van der Waals surface area contributed by atoms with Crippen LogP contribution in [0.15, 0.2) is 16.7 Å². The molecule has 0 spiro atoms. The van der Waals surface area contributed by atoms with Crippen molar-refractivity contribution in [3.8, 4) is 0 Å². The molecule has 3 aliphatic rings. The third kappa shape index (κ3) is 3.47. The first-order chi connectivity index (χ1) is 11.3. The number of hydrogen-bond donors (Lipinski definition) is 1. The fourth-order valence-electron chi connectivity index (χ4n) is 3.62. The van der Waals surface area contributed by atoms with Crippen LogP contribution >= 0.6 is 0 Å². The maximum Gasteiger partial charge on any atom is 0.292 e. The van der Waals surface area contributed by atoms with Gasteiger partial charge in [0.05, 0.1) is 6.04 Å². The normalized spacial score (nSPS) is 28.2. The number of aromatic nitrogens is 2. The predicted octanol–water partition coefficient (Wildman–Crippen LogP) is 2.46. The van der Waals surface area contributed by atoms with Crippen molar-refractivity contribution in [3.63, 3.8) is 0 Å². The van der Waals surface area contributed by atoms with E-state index in [-0.39, 0.29) is 17.8 Å². The van der Waals surface area contributed by atoms with Gasteiger partial charge in [0, 0.05) is 12.6 Å². The molecule has 2 aliphatic carbocycles. The summed E-state index contributed by atoms with van der Waals surface area (Å²) in [7, 11) is 0. The molecule has 2 atom stereocenters. The highest BCUT2D eigenvalue weighted by atomic mass is 16.5. The van der Waals surface area contributed by atoms with E-state index < -0.39 is 0 Å². The van der Waals surface area contributed by atoms with Crippen LogP contribution in [0.4, 0.5) is 0 Å². The Kier molecular flexibility index (Phi) is 4.16. The largest absolute Gasteiger partial charge is 0.346 e. The lowest BCUT2D eigenvalue weighted by molar-refractivity contribution is 0.0937. The first kappa shape index (κ1) is 14.9. The fraction of sp³-hybridized carbons (Fsp3) is 0.706. The molecule has 1 saturated heterocycles. The monoisotopic (exact) mass is 316 g/mol. The summed E-state index contributed by atoms with van der Waals surface area (Å²) >= 11 is 0. The molecule has 0 aromatic carbocycles. The first-order valence-corrected chi connectivity index (χ1v) is 8.83. The number of hydrogen-bond acceptors (Lipinski definition) is 5.